The first-order valence-electron chi connectivity index (χ1n) is 13.2. The van der Waals surface area contributed by atoms with Crippen LogP contribution in [0.1, 0.15) is 57.4 Å². The van der Waals surface area contributed by atoms with Gasteiger partial charge in [0.15, 0.2) is 0 Å². The van der Waals surface area contributed by atoms with Gasteiger partial charge in [0.2, 0.25) is 0 Å². The third-order valence-corrected chi connectivity index (χ3v) is 7.01. The van der Waals surface area contributed by atoms with Crippen LogP contribution in [0.2, 0.25) is 0 Å². The molecule has 2 amide bonds. The molecule has 7 nitrogen and oxygen atoms in total. The molecule has 0 radical (unpaired) electrons. The van der Waals surface area contributed by atoms with E-state index in [1.807, 2.05) is 35.9 Å². The number of primary amides is 1. The van der Waals surface area contributed by atoms with E-state index in [0.29, 0.717) is 24.1 Å². The van der Waals surface area contributed by atoms with Crippen LogP contribution in [-0.4, -0.2) is 39.9 Å². The number of carbonyl (C=O) groups is 1. The van der Waals surface area contributed by atoms with Crippen LogP contribution in [0.3, 0.4) is 0 Å². The van der Waals surface area contributed by atoms with Crippen molar-refractivity contribution in [1.29, 1.82) is 0 Å². The zero-order chi connectivity index (χ0) is 26.7. The van der Waals surface area contributed by atoms with E-state index < -0.39 is 11.8 Å². The van der Waals surface area contributed by atoms with Gasteiger partial charge in [-0.3, -0.25) is 4.90 Å². The summed E-state index contributed by atoms with van der Waals surface area (Å²) in [5, 5.41) is 7.44. The highest BCUT2D eigenvalue weighted by Crippen LogP contribution is 2.38. The Bertz CT molecular complexity index is 1270. The average molecular weight is 508 g/mol. The molecule has 3 aromatic rings. The number of aryl methyl sites for hydroxylation is 1. The lowest BCUT2D eigenvalue weighted by molar-refractivity contribution is 0.169. The van der Waals surface area contributed by atoms with Crippen molar-refractivity contribution in [3.63, 3.8) is 0 Å². The maximum atomic E-state index is 15.1. The number of hydrogen-bond donors (Lipinski definition) is 2. The molecule has 3 N–H and O–H groups in total. The van der Waals surface area contributed by atoms with Crippen molar-refractivity contribution in [2.45, 2.75) is 66.5 Å². The number of amides is 2. The Morgan fingerprint density at radius 3 is 2.62 bits per heavy atom. The average Bonchev–Trinajstić information content (AvgIpc) is 3.22. The summed E-state index contributed by atoms with van der Waals surface area (Å²) in [5.41, 5.74) is 10.8. The van der Waals surface area contributed by atoms with E-state index >= 15 is 4.39 Å². The summed E-state index contributed by atoms with van der Waals surface area (Å²) in [6.45, 7) is 13.0. The van der Waals surface area contributed by atoms with Crippen LogP contribution in [0.25, 0.3) is 16.9 Å². The SMILES string of the molecule is CCC(CC)N1CCc2nn(-c3c(C)cccc3OCC(C)C)c(-c3ccc(NC(N)=O)c(F)c3)c2C1. The Labute approximate surface area is 218 Å². The van der Waals surface area contributed by atoms with E-state index in [4.69, 9.17) is 15.6 Å². The van der Waals surface area contributed by atoms with Crippen molar-refractivity contribution in [2.75, 3.05) is 18.5 Å². The summed E-state index contributed by atoms with van der Waals surface area (Å²) in [4.78, 5) is 13.8. The Morgan fingerprint density at radius 2 is 1.97 bits per heavy atom. The molecule has 0 bridgehead atoms. The predicted octanol–water partition coefficient (Wildman–Crippen LogP) is 6.06. The Kier molecular flexibility index (Phi) is 8.17. The van der Waals surface area contributed by atoms with Gasteiger partial charge in [-0.15, -0.1) is 0 Å². The quantitative estimate of drug-likeness (QED) is 0.369. The minimum atomic E-state index is -0.804. The zero-order valence-corrected chi connectivity index (χ0v) is 22.5. The van der Waals surface area contributed by atoms with Gasteiger partial charge in [-0.05, 0) is 49.4 Å². The number of fused-ring (bicyclic) bond motifs is 1. The molecule has 2 aromatic carbocycles. The van der Waals surface area contributed by atoms with Gasteiger partial charge in [-0.2, -0.15) is 5.10 Å². The molecule has 0 aliphatic carbocycles. The minimum Gasteiger partial charge on any atom is -0.491 e. The number of nitrogens with two attached hydrogens (primary N) is 1. The van der Waals surface area contributed by atoms with E-state index in [9.17, 15) is 4.79 Å². The summed E-state index contributed by atoms with van der Waals surface area (Å²) in [7, 11) is 0. The Morgan fingerprint density at radius 1 is 1.22 bits per heavy atom. The molecule has 0 unspecified atom stereocenters. The predicted molar refractivity (Wildman–Crippen MR) is 146 cm³/mol. The number of aromatic nitrogens is 2. The largest absolute Gasteiger partial charge is 0.491 e. The molecule has 2 heterocycles. The first-order chi connectivity index (χ1) is 17.7. The summed E-state index contributed by atoms with van der Waals surface area (Å²) >= 11 is 0. The van der Waals surface area contributed by atoms with Crippen LogP contribution in [0.4, 0.5) is 14.9 Å². The smallest absolute Gasteiger partial charge is 0.316 e. The molecular formula is C29H38FN5O2. The second-order valence-electron chi connectivity index (χ2n) is 10.2. The third-order valence-electron chi connectivity index (χ3n) is 7.01. The summed E-state index contributed by atoms with van der Waals surface area (Å²) in [6.07, 6.45) is 2.97. The summed E-state index contributed by atoms with van der Waals surface area (Å²) in [6, 6.07) is 10.5. The first-order valence-corrected chi connectivity index (χ1v) is 13.2. The number of benzene rings is 2. The van der Waals surface area contributed by atoms with Crippen molar-refractivity contribution in [3.05, 3.63) is 59.0 Å². The van der Waals surface area contributed by atoms with Crippen LogP contribution in [0.5, 0.6) is 5.75 Å². The van der Waals surface area contributed by atoms with E-state index in [2.05, 4.69) is 37.9 Å². The Balaban J connectivity index is 1.90. The van der Waals surface area contributed by atoms with E-state index in [1.54, 1.807) is 6.07 Å². The molecule has 8 heteroatoms. The lowest BCUT2D eigenvalue weighted by atomic mass is 9.98. The molecule has 1 aromatic heterocycles. The van der Waals surface area contributed by atoms with Gasteiger partial charge in [-0.25, -0.2) is 13.9 Å². The van der Waals surface area contributed by atoms with Crippen molar-refractivity contribution in [1.82, 2.24) is 14.7 Å². The number of urea groups is 1. The zero-order valence-electron chi connectivity index (χ0n) is 22.5. The third kappa shape index (κ3) is 5.64. The number of anilines is 1. The van der Waals surface area contributed by atoms with Gasteiger partial charge in [-0.1, -0.05) is 45.9 Å². The lowest BCUT2D eigenvalue weighted by Gasteiger charge is -2.33. The van der Waals surface area contributed by atoms with Gasteiger partial charge in [0.05, 0.1) is 23.7 Å². The second kappa shape index (κ2) is 11.3. The van der Waals surface area contributed by atoms with Crippen LogP contribution >= 0.6 is 0 Å². The molecule has 0 spiro atoms. The van der Waals surface area contributed by atoms with Gasteiger partial charge >= 0.3 is 6.03 Å². The number of para-hydroxylation sites is 1. The highest BCUT2D eigenvalue weighted by atomic mass is 19.1. The molecule has 0 saturated heterocycles. The van der Waals surface area contributed by atoms with Gasteiger partial charge in [0.1, 0.15) is 17.3 Å². The van der Waals surface area contributed by atoms with Crippen molar-refractivity contribution in [3.8, 4) is 22.7 Å². The van der Waals surface area contributed by atoms with E-state index in [-0.39, 0.29) is 5.69 Å². The summed E-state index contributed by atoms with van der Waals surface area (Å²) in [5.74, 6) is 0.567. The van der Waals surface area contributed by atoms with Crippen LogP contribution in [-0.2, 0) is 13.0 Å². The van der Waals surface area contributed by atoms with Gasteiger partial charge in [0.25, 0.3) is 0 Å². The topological polar surface area (TPSA) is 85.4 Å². The maximum Gasteiger partial charge on any atom is 0.316 e. The standard InChI is InChI=1S/C29H38FN5O2/c1-6-21(7-2)34-14-13-24-22(16-34)28(20-11-12-25(23(30)15-20)32-29(31)36)35(33-24)27-19(5)9-8-10-26(27)37-17-18(3)4/h8-12,15,18,21H,6-7,13-14,16-17H2,1-5H3,(H3,31,32,36). The lowest BCUT2D eigenvalue weighted by Crippen LogP contribution is -2.38. The van der Waals surface area contributed by atoms with Gasteiger partial charge in [0, 0.05) is 36.7 Å². The monoisotopic (exact) mass is 507 g/mol. The number of carbonyl (C=O) groups excluding carboxylic acids is 1. The van der Waals surface area contributed by atoms with Gasteiger partial charge < -0.3 is 15.8 Å². The first kappa shape index (κ1) is 26.7. The summed E-state index contributed by atoms with van der Waals surface area (Å²) < 4.78 is 23.3. The van der Waals surface area contributed by atoms with Crippen LogP contribution < -0.4 is 15.8 Å². The molecule has 1 aliphatic rings. The maximum absolute atomic E-state index is 15.1. The van der Waals surface area contributed by atoms with Crippen molar-refractivity contribution in [2.24, 2.45) is 11.7 Å². The molecule has 37 heavy (non-hydrogen) atoms. The van der Waals surface area contributed by atoms with E-state index in [0.717, 1.165) is 66.3 Å². The minimum absolute atomic E-state index is 0.0479. The van der Waals surface area contributed by atoms with E-state index in [1.165, 1.54) is 6.07 Å². The van der Waals surface area contributed by atoms with Crippen molar-refractivity contribution < 1.29 is 13.9 Å². The normalized spacial score (nSPS) is 13.7. The number of rotatable bonds is 9. The molecule has 4 rings (SSSR count). The fraction of sp³-hybridized carbons (Fsp3) is 0.448. The second-order valence-corrected chi connectivity index (χ2v) is 10.2. The Hall–Kier alpha value is -3.39. The highest BCUT2D eigenvalue weighted by molar-refractivity contribution is 5.88. The molecule has 0 atom stereocenters. The molecule has 0 saturated carbocycles. The molecular weight excluding hydrogens is 469 g/mol. The van der Waals surface area contributed by atoms with Crippen LogP contribution in [0, 0.1) is 18.7 Å². The van der Waals surface area contributed by atoms with Crippen molar-refractivity contribution >= 4 is 11.7 Å². The number of nitrogens with one attached hydrogen (secondary N) is 1. The fourth-order valence-corrected chi connectivity index (χ4v) is 5.14. The highest BCUT2D eigenvalue weighted by Gasteiger charge is 2.30. The number of nitrogens with zero attached hydrogens (tertiary/aromatic N) is 3. The number of hydrogen-bond acceptors (Lipinski definition) is 4. The molecule has 1 aliphatic heterocycles. The van der Waals surface area contributed by atoms with Crippen LogP contribution in [0.15, 0.2) is 36.4 Å². The number of ether oxygens (including phenoxy) is 1. The fourth-order valence-electron chi connectivity index (χ4n) is 5.14. The molecule has 198 valence electrons. The molecule has 0 fully saturated rings. The number of halogens is 1.